The number of anilines is 2. The second-order valence-electron chi connectivity index (χ2n) is 3.11. The summed E-state index contributed by atoms with van der Waals surface area (Å²) in [5, 5.41) is 12.3. The number of nitrogens with one attached hydrogen (secondary N) is 1. The van der Waals surface area contributed by atoms with Crippen molar-refractivity contribution in [3.63, 3.8) is 0 Å². The SMILES string of the molecule is Oc1ccc(Nc2nc(Cl)c(Cl)c(Cl)n2)cc1. The van der Waals surface area contributed by atoms with Crippen LogP contribution in [0.2, 0.25) is 15.3 Å². The number of phenols is 1. The molecule has 0 atom stereocenters. The van der Waals surface area contributed by atoms with E-state index in [0.717, 1.165) is 0 Å². The van der Waals surface area contributed by atoms with Gasteiger partial charge in [0.2, 0.25) is 5.95 Å². The van der Waals surface area contributed by atoms with Gasteiger partial charge in [-0.05, 0) is 24.3 Å². The predicted molar refractivity (Wildman–Crippen MR) is 68.5 cm³/mol. The summed E-state index contributed by atoms with van der Waals surface area (Å²) in [6.07, 6.45) is 0. The summed E-state index contributed by atoms with van der Waals surface area (Å²) in [6, 6.07) is 6.38. The van der Waals surface area contributed by atoms with Crippen LogP contribution in [-0.4, -0.2) is 15.1 Å². The van der Waals surface area contributed by atoms with Gasteiger partial charge in [0.15, 0.2) is 10.3 Å². The number of aromatic hydroxyl groups is 1. The molecule has 0 saturated heterocycles. The number of phenolic OH excluding ortho intramolecular Hbond substituents is 1. The van der Waals surface area contributed by atoms with E-state index in [1.807, 2.05) is 0 Å². The quantitative estimate of drug-likeness (QED) is 0.651. The second kappa shape index (κ2) is 4.96. The minimum Gasteiger partial charge on any atom is -0.508 e. The lowest BCUT2D eigenvalue weighted by molar-refractivity contribution is 0.475. The first kappa shape index (κ1) is 12.2. The predicted octanol–water partition coefficient (Wildman–Crippen LogP) is 3.89. The Bertz CT molecular complexity index is 522. The second-order valence-corrected chi connectivity index (χ2v) is 4.21. The summed E-state index contributed by atoms with van der Waals surface area (Å²) >= 11 is 17.2. The van der Waals surface area contributed by atoms with E-state index in [4.69, 9.17) is 39.9 Å². The van der Waals surface area contributed by atoms with E-state index < -0.39 is 0 Å². The molecule has 4 nitrogen and oxygen atoms in total. The van der Waals surface area contributed by atoms with E-state index in [1.165, 1.54) is 12.1 Å². The Morgan fingerprint density at radius 3 is 2.00 bits per heavy atom. The minimum absolute atomic E-state index is 0.0768. The molecular formula is C10H6Cl3N3O. The number of rotatable bonds is 2. The molecule has 0 unspecified atom stereocenters. The number of hydrogen-bond donors (Lipinski definition) is 2. The van der Waals surface area contributed by atoms with Crippen molar-refractivity contribution in [2.24, 2.45) is 0 Å². The highest BCUT2D eigenvalue weighted by molar-refractivity contribution is 6.46. The van der Waals surface area contributed by atoms with Crippen molar-refractivity contribution in [1.29, 1.82) is 0 Å². The van der Waals surface area contributed by atoms with E-state index in [2.05, 4.69) is 15.3 Å². The largest absolute Gasteiger partial charge is 0.508 e. The lowest BCUT2D eigenvalue weighted by Crippen LogP contribution is -1.97. The number of aromatic nitrogens is 2. The molecule has 0 aliphatic rings. The fraction of sp³-hybridized carbons (Fsp3) is 0. The van der Waals surface area contributed by atoms with Crippen molar-refractivity contribution in [3.8, 4) is 5.75 Å². The minimum atomic E-state index is 0.0768. The van der Waals surface area contributed by atoms with Crippen LogP contribution in [-0.2, 0) is 0 Å². The molecule has 2 aromatic rings. The Labute approximate surface area is 112 Å². The first-order valence-electron chi connectivity index (χ1n) is 4.51. The van der Waals surface area contributed by atoms with Crippen molar-refractivity contribution in [2.45, 2.75) is 0 Å². The summed E-state index contributed by atoms with van der Waals surface area (Å²) in [5.74, 6) is 0.402. The maximum absolute atomic E-state index is 9.13. The van der Waals surface area contributed by atoms with Gasteiger partial charge in [-0.2, -0.15) is 9.97 Å². The van der Waals surface area contributed by atoms with Gasteiger partial charge in [0.05, 0.1) is 0 Å². The van der Waals surface area contributed by atoms with Gasteiger partial charge in [-0.15, -0.1) is 0 Å². The van der Waals surface area contributed by atoms with Crippen LogP contribution in [0.1, 0.15) is 0 Å². The van der Waals surface area contributed by atoms with Gasteiger partial charge in [-0.25, -0.2) is 0 Å². The third kappa shape index (κ3) is 2.91. The lowest BCUT2D eigenvalue weighted by Gasteiger charge is -2.06. The molecule has 0 saturated carbocycles. The van der Waals surface area contributed by atoms with Crippen LogP contribution in [0.4, 0.5) is 11.6 Å². The Balaban J connectivity index is 2.27. The van der Waals surface area contributed by atoms with Crippen LogP contribution in [0.3, 0.4) is 0 Å². The first-order valence-corrected chi connectivity index (χ1v) is 5.64. The number of halogens is 3. The summed E-state index contributed by atoms with van der Waals surface area (Å²) in [7, 11) is 0. The molecule has 88 valence electrons. The highest BCUT2D eigenvalue weighted by Crippen LogP contribution is 2.28. The summed E-state index contributed by atoms with van der Waals surface area (Å²) in [4.78, 5) is 7.83. The van der Waals surface area contributed by atoms with Crippen LogP contribution in [0.5, 0.6) is 5.75 Å². The topological polar surface area (TPSA) is 58.0 Å². The highest BCUT2D eigenvalue weighted by atomic mass is 35.5. The van der Waals surface area contributed by atoms with Crippen LogP contribution in [0.15, 0.2) is 24.3 Å². The molecule has 0 radical (unpaired) electrons. The van der Waals surface area contributed by atoms with Crippen LogP contribution in [0.25, 0.3) is 0 Å². The van der Waals surface area contributed by atoms with E-state index >= 15 is 0 Å². The molecule has 1 aromatic heterocycles. The highest BCUT2D eigenvalue weighted by Gasteiger charge is 2.09. The first-order chi connectivity index (χ1) is 8.06. The fourth-order valence-corrected chi connectivity index (χ4v) is 1.60. The van der Waals surface area contributed by atoms with Gasteiger partial charge >= 0.3 is 0 Å². The molecule has 0 fully saturated rings. The summed E-state index contributed by atoms with van der Waals surface area (Å²) in [5.41, 5.74) is 0.692. The lowest BCUT2D eigenvalue weighted by atomic mass is 10.3. The third-order valence-electron chi connectivity index (χ3n) is 1.89. The molecule has 7 heteroatoms. The molecule has 0 aliphatic carbocycles. The van der Waals surface area contributed by atoms with E-state index in [-0.39, 0.29) is 27.0 Å². The van der Waals surface area contributed by atoms with Gasteiger partial charge in [0.25, 0.3) is 0 Å². The molecular weight excluding hydrogens is 284 g/mol. The molecule has 0 amide bonds. The Hall–Kier alpha value is -1.23. The van der Waals surface area contributed by atoms with E-state index in [0.29, 0.717) is 5.69 Å². The molecule has 0 spiro atoms. The van der Waals surface area contributed by atoms with Crippen molar-refractivity contribution in [1.82, 2.24) is 9.97 Å². The standard InChI is InChI=1S/C10H6Cl3N3O/c11-7-8(12)15-10(16-9(7)13)14-5-1-3-6(17)4-2-5/h1-4,17H,(H,14,15,16). The van der Waals surface area contributed by atoms with Gasteiger partial charge in [-0.1, -0.05) is 34.8 Å². The molecule has 2 rings (SSSR count). The number of benzene rings is 1. The maximum atomic E-state index is 9.13. The van der Waals surface area contributed by atoms with Gasteiger partial charge in [0.1, 0.15) is 10.8 Å². The zero-order valence-electron chi connectivity index (χ0n) is 8.28. The smallest absolute Gasteiger partial charge is 0.230 e. The average Bonchev–Trinajstić information content (AvgIpc) is 2.29. The molecule has 0 aliphatic heterocycles. The van der Waals surface area contributed by atoms with E-state index in [9.17, 15) is 0 Å². The third-order valence-corrected chi connectivity index (χ3v) is 2.99. The molecule has 17 heavy (non-hydrogen) atoms. The average molecular weight is 291 g/mol. The van der Waals surface area contributed by atoms with Crippen LogP contribution in [0, 0.1) is 0 Å². The maximum Gasteiger partial charge on any atom is 0.230 e. The fourth-order valence-electron chi connectivity index (χ4n) is 1.12. The summed E-state index contributed by atoms with van der Waals surface area (Å²) in [6.45, 7) is 0. The van der Waals surface area contributed by atoms with Crippen molar-refractivity contribution < 1.29 is 5.11 Å². The summed E-state index contributed by atoms with van der Waals surface area (Å²) < 4.78 is 0. The van der Waals surface area contributed by atoms with Crippen LogP contribution >= 0.6 is 34.8 Å². The molecule has 2 N–H and O–H groups in total. The Kier molecular flexibility index (Phi) is 3.57. The molecule has 0 bridgehead atoms. The Morgan fingerprint density at radius 1 is 0.941 bits per heavy atom. The molecule has 1 aromatic carbocycles. The van der Waals surface area contributed by atoms with Crippen molar-refractivity contribution >= 4 is 46.4 Å². The monoisotopic (exact) mass is 289 g/mol. The number of nitrogens with zero attached hydrogens (tertiary/aromatic N) is 2. The Morgan fingerprint density at radius 2 is 1.47 bits per heavy atom. The van der Waals surface area contributed by atoms with Gasteiger partial charge in [-0.3, -0.25) is 0 Å². The molecule has 1 heterocycles. The zero-order chi connectivity index (χ0) is 12.4. The normalized spacial score (nSPS) is 10.3. The van der Waals surface area contributed by atoms with Gasteiger partial charge in [0, 0.05) is 5.69 Å². The van der Waals surface area contributed by atoms with Gasteiger partial charge < -0.3 is 10.4 Å². The zero-order valence-corrected chi connectivity index (χ0v) is 10.6. The van der Waals surface area contributed by atoms with Crippen LogP contribution < -0.4 is 5.32 Å². The number of hydrogen-bond acceptors (Lipinski definition) is 4. The van der Waals surface area contributed by atoms with Crippen molar-refractivity contribution in [3.05, 3.63) is 39.6 Å². The van der Waals surface area contributed by atoms with Crippen molar-refractivity contribution in [2.75, 3.05) is 5.32 Å². The van der Waals surface area contributed by atoms with E-state index in [1.54, 1.807) is 12.1 Å².